The third-order valence-corrected chi connectivity index (χ3v) is 3.69. The van der Waals surface area contributed by atoms with Gasteiger partial charge in [-0.05, 0) is 30.3 Å². The lowest BCUT2D eigenvalue weighted by molar-refractivity contribution is -0.119. The highest BCUT2D eigenvalue weighted by molar-refractivity contribution is 9.10. The lowest BCUT2D eigenvalue weighted by Gasteiger charge is -2.06. The van der Waals surface area contributed by atoms with Crippen molar-refractivity contribution in [2.24, 2.45) is 0 Å². The molecule has 2 N–H and O–H groups in total. The molecule has 6 heteroatoms. The lowest BCUT2D eigenvalue weighted by atomic mass is 10.2. The van der Waals surface area contributed by atoms with E-state index in [9.17, 15) is 9.59 Å². The van der Waals surface area contributed by atoms with Crippen molar-refractivity contribution < 1.29 is 14.3 Å². The molecule has 0 aliphatic rings. The summed E-state index contributed by atoms with van der Waals surface area (Å²) in [7, 11) is 0. The van der Waals surface area contributed by atoms with Crippen LogP contribution in [0.5, 0.6) is 0 Å². The molecule has 0 bridgehead atoms. The van der Waals surface area contributed by atoms with Crippen molar-refractivity contribution in [3.05, 3.63) is 64.8 Å². The molecule has 0 unspecified atom stereocenters. The molecule has 0 aliphatic carbocycles. The highest BCUT2D eigenvalue weighted by Crippen LogP contribution is 2.16. The van der Waals surface area contributed by atoms with Gasteiger partial charge < -0.3 is 15.0 Å². The van der Waals surface area contributed by atoms with Crippen molar-refractivity contribution in [2.45, 2.75) is 0 Å². The summed E-state index contributed by atoms with van der Waals surface area (Å²) in [6, 6.07) is 16.4. The van der Waals surface area contributed by atoms with E-state index in [1.54, 1.807) is 24.3 Å². The van der Waals surface area contributed by atoms with Crippen molar-refractivity contribution in [3.8, 4) is 0 Å². The molecule has 3 aromatic rings. The molecule has 0 spiro atoms. The van der Waals surface area contributed by atoms with E-state index in [0.29, 0.717) is 11.4 Å². The minimum Gasteiger partial charge on any atom is -0.451 e. The second-order valence-corrected chi connectivity index (χ2v) is 5.82. The standard InChI is InChI=1S/C17H13BrN2O3/c18-12-5-3-6-13(9-12)19-16(21)10-23-17(22)15-8-11-4-1-2-7-14(11)20-15/h1-9,20H,10H2,(H,19,21). The second-order valence-electron chi connectivity index (χ2n) is 4.90. The monoisotopic (exact) mass is 372 g/mol. The van der Waals surface area contributed by atoms with Crippen molar-refractivity contribution in [2.75, 3.05) is 11.9 Å². The summed E-state index contributed by atoms with van der Waals surface area (Å²) in [6.45, 7) is -0.347. The Bertz CT molecular complexity index is 840. The van der Waals surface area contributed by atoms with Crippen molar-refractivity contribution in [1.82, 2.24) is 4.98 Å². The van der Waals surface area contributed by atoms with Gasteiger partial charge in [0.15, 0.2) is 6.61 Å². The normalized spacial score (nSPS) is 10.5. The minimum absolute atomic E-state index is 0.321. The number of rotatable bonds is 4. The minimum atomic E-state index is -0.564. The zero-order valence-corrected chi connectivity index (χ0v) is 13.6. The maximum atomic E-state index is 12.0. The molecule has 23 heavy (non-hydrogen) atoms. The number of carbonyl (C=O) groups is 2. The highest BCUT2D eigenvalue weighted by Gasteiger charge is 2.13. The van der Waals surface area contributed by atoms with Crippen LogP contribution in [0.15, 0.2) is 59.1 Å². The predicted octanol–water partition coefficient (Wildman–Crippen LogP) is 3.73. The van der Waals surface area contributed by atoms with Crippen LogP contribution < -0.4 is 5.32 Å². The first-order valence-corrected chi connectivity index (χ1v) is 7.71. The van der Waals surface area contributed by atoms with E-state index in [4.69, 9.17) is 4.74 Å². The van der Waals surface area contributed by atoms with Crippen molar-refractivity contribution >= 4 is 44.4 Å². The van der Waals surface area contributed by atoms with Crippen LogP contribution in [0.3, 0.4) is 0 Å². The summed E-state index contributed by atoms with van der Waals surface area (Å²) in [5, 5.41) is 3.57. The first-order valence-electron chi connectivity index (χ1n) is 6.92. The van der Waals surface area contributed by atoms with Gasteiger partial charge in [0, 0.05) is 21.1 Å². The number of aromatic amines is 1. The topological polar surface area (TPSA) is 71.2 Å². The molecular weight excluding hydrogens is 360 g/mol. The number of halogens is 1. The molecule has 1 amide bonds. The summed E-state index contributed by atoms with van der Waals surface area (Å²) < 4.78 is 5.88. The van der Waals surface area contributed by atoms with Gasteiger partial charge in [0.2, 0.25) is 0 Å². The Balaban J connectivity index is 1.59. The van der Waals surface area contributed by atoms with Crippen LogP contribution in [0.4, 0.5) is 5.69 Å². The molecule has 1 heterocycles. The number of hydrogen-bond donors (Lipinski definition) is 2. The van der Waals surface area contributed by atoms with Gasteiger partial charge in [0.05, 0.1) is 0 Å². The zero-order chi connectivity index (χ0) is 16.2. The molecule has 0 radical (unpaired) electrons. The maximum absolute atomic E-state index is 12.0. The summed E-state index contributed by atoms with van der Waals surface area (Å²) >= 11 is 3.32. The van der Waals surface area contributed by atoms with Gasteiger partial charge in [0.1, 0.15) is 5.69 Å². The Kier molecular flexibility index (Phi) is 4.43. The number of para-hydroxylation sites is 1. The summed E-state index contributed by atoms with van der Waals surface area (Å²) in [4.78, 5) is 26.8. The molecule has 2 aromatic carbocycles. The average molecular weight is 373 g/mol. The van der Waals surface area contributed by atoms with Crippen LogP contribution in [-0.2, 0) is 9.53 Å². The fraction of sp³-hybridized carbons (Fsp3) is 0.0588. The summed E-state index contributed by atoms with van der Waals surface area (Å²) in [5.41, 5.74) is 1.80. The van der Waals surface area contributed by atoms with E-state index in [0.717, 1.165) is 15.4 Å². The van der Waals surface area contributed by atoms with Crippen molar-refractivity contribution in [1.29, 1.82) is 0 Å². The van der Waals surface area contributed by atoms with E-state index in [2.05, 4.69) is 26.2 Å². The second kappa shape index (κ2) is 6.66. The van der Waals surface area contributed by atoms with E-state index in [-0.39, 0.29) is 6.61 Å². The Morgan fingerprint density at radius 3 is 2.70 bits per heavy atom. The van der Waals surface area contributed by atoms with Crippen LogP contribution in [0.1, 0.15) is 10.5 Å². The number of esters is 1. The first-order chi connectivity index (χ1) is 11.1. The number of carbonyl (C=O) groups excluding carboxylic acids is 2. The Morgan fingerprint density at radius 2 is 1.91 bits per heavy atom. The van der Waals surface area contributed by atoms with Gasteiger partial charge >= 0.3 is 5.97 Å². The van der Waals surface area contributed by atoms with E-state index < -0.39 is 11.9 Å². The Hall–Kier alpha value is -2.60. The zero-order valence-electron chi connectivity index (χ0n) is 12.0. The number of anilines is 1. The number of hydrogen-bond acceptors (Lipinski definition) is 3. The number of fused-ring (bicyclic) bond motifs is 1. The number of ether oxygens (including phenoxy) is 1. The smallest absolute Gasteiger partial charge is 0.355 e. The van der Waals surface area contributed by atoms with E-state index >= 15 is 0 Å². The fourth-order valence-electron chi connectivity index (χ4n) is 2.16. The highest BCUT2D eigenvalue weighted by atomic mass is 79.9. The molecule has 0 atom stereocenters. The molecule has 0 fully saturated rings. The van der Waals surface area contributed by atoms with Gasteiger partial charge in [-0.25, -0.2) is 4.79 Å². The number of benzene rings is 2. The third kappa shape index (κ3) is 3.78. The van der Waals surface area contributed by atoms with Gasteiger partial charge in [0.25, 0.3) is 5.91 Å². The number of nitrogens with one attached hydrogen (secondary N) is 2. The van der Waals surface area contributed by atoms with Crippen LogP contribution in [0, 0.1) is 0 Å². The lowest BCUT2D eigenvalue weighted by Crippen LogP contribution is -2.21. The van der Waals surface area contributed by atoms with E-state index in [1.165, 1.54) is 0 Å². The van der Waals surface area contributed by atoms with Crippen LogP contribution in [0.2, 0.25) is 0 Å². The molecule has 0 saturated heterocycles. The first kappa shape index (κ1) is 15.3. The number of amides is 1. The maximum Gasteiger partial charge on any atom is 0.355 e. The van der Waals surface area contributed by atoms with Gasteiger partial charge in [-0.2, -0.15) is 0 Å². The molecule has 0 saturated carbocycles. The Labute approximate surface area is 140 Å². The third-order valence-electron chi connectivity index (χ3n) is 3.19. The summed E-state index contributed by atoms with van der Waals surface area (Å²) in [5.74, 6) is -0.960. The SMILES string of the molecule is O=C(COC(=O)c1cc2ccccc2[nH]1)Nc1cccc(Br)c1. The molecular formula is C17H13BrN2O3. The molecule has 1 aromatic heterocycles. The van der Waals surface area contributed by atoms with Gasteiger partial charge in [-0.3, -0.25) is 4.79 Å². The average Bonchev–Trinajstić information content (AvgIpc) is 2.97. The Morgan fingerprint density at radius 1 is 1.09 bits per heavy atom. The van der Waals surface area contributed by atoms with Crippen LogP contribution in [0.25, 0.3) is 10.9 Å². The number of H-pyrrole nitrogens is 1. The fourth-order valence-corrected chi connectivity index (χ4v) is 2.55. The largest absolute Gasteiger partial charge is 0.451 e. The molecule has 0 aliphatic heterocycles. The van der Waals surface area contributed by atoms with Gasteiger partial charge in [-0.1, -0.05) is 40.2 Å². The summed E-state index contributed by atoms with van der Waals surface area (Å²) in [6.07, 6.45) is 0. The van der Waals surface area contributed by atoms with Crippen LogP contribution in [-0.4, -0.2) is 23.5 Å². The van der Waals surface area contributed by atoms with E-state index in [1.807, 2.05) is 30.3 Å². The number of aromatic nitrogens is 1. The molecule has 3 rings (SSSR count). The van der Waals surface area contributed by atoms with Crippen LogP contribution >= 0.6 is 15.9 Å². The quantitative estimate of drug-likeness (QED) is 0.685. The van der Waals surface area contributed by atoms with Crippen molar-refractivity contribution in [3.63, 3.8) is 0 Å². The molecule has 5 nitrogen and oxygen atoms in total. The van der Waals surface area contributed by atoms with Gasteiger partial charge in [-0.15, -0.1) is 0 Å². The molecule has 116 valence electrons. The predicted molar refractivity (Wildman–Crippen MR) is 91.4 cm³/mol.